The van der Waals surface area contributed by atoms with Crippen LogP contribution in [0.5, 0.6) is 0 Å². The number of nitrogens with one attached hydrogen (secondary N) is 1. The fourth-order valence-electron chi connectivity index (χ4n) is 0.833. The van der Waals surface area contributed by atoms with Gasteiger partial charge in [-0.05, 0) is 25.8 Å². The van der Waals surface area contributed by atoms with Crippen LogP contribution in [-0.2, 0) is 0 Å². The molecule has 1 aliphatic rings. The minimum Gasteiger partial charge on any atom is -0.306 e. The molecule has 42 valence electrons. The number of rotatable bonds is 0. The monoisotopic (exact) mass is 117 g/mol. The van der Waals surface area contributed by atoms with Crippen molar-refractivity contribution in [3.8, 4) is 0 Å². The van der Waals surface area contributed by atoms with Crippen molar-refractivity contribution in [2.24, 2.45) is 0 Å². The molecule has 0 aromatic carbocycles. The number of hydrogen-bond acceptors (Lipinski definition) is 2. The molecule has 1 heterocycles. The van der Waals surface area contributed by atoms with E-state index in [0.29, 0.717) is 5.37 Å². The first-order chi connectivity index (χ1) is 3.39. The minimum atomic E-state index is 0.480. The van der Waals surface area contributed by atoms with Gasteiger partial charge in [-0.2, -0.15) is 12.6 Å². The van der Waals surface area contributed by atoms with E-state index < -0.39 is 0 Å². The molecular formula is C5H11NS. The van der Waals surface area contributed by atoms with Gasteiger partial charge in [0, 0.05) is 0 Å². The summed E-state index contributed by atoms with van der Waals surface area (Å²) in [5.74, 6) is 0. The van der Waals surface area contributed by atoms with Crippen molar-refractivity contribution in [1.29, 1.82) is 0 Å². The molecule has 0 aliphatic carbocycles. The second-order valence-corrected chi connectivity index (χ2v) is 2.59. The number of hydrogen-bond donors (Lipinski definition) is 2. The normalized spacial score (nSPS) is 33.0. The summed E-state index contributed by atoms with van der Waals surface area (Å²) in [6.07, 6.45) is 3.92. The van der Waals surface area contributed by atoms with Crippen LogP contribution in [0, 0.1) is 0 Å². The van der Waals surface area contributed by atoms with E-state index >= 15 is 0 Å². The van der Waals surface area contributed by atoms with Gasteiger partial charge in [0.25, 0.3) is 0 Å². The molecule has 1 saturated heterocycles. The lowest BCUT2D eigenvalue weighted by Gasteiger charge is -2.17. The van der Waals surface area contributed by atoms with Crippen molar-refractivity contribution >= 4 is 12.6 Å². The highest BCUT2D eigenvalue weighted by atomic mass is 32.1. The molecule has 1 aliphatic heterocycles. The maximum atomic E-state index is 4.25. The molecule has 0 saturated carbocycles. The Labute approximate surface area is 49.9 Å². The third-order valence-electron chi connectivity index (χ3n) is 1.28. The third kappa shape index (κ3) is 1.70. The molecule has 2 heteroatoms. The fourth-order valence-corrected chi connectivity index (χ4v) is 1.15. The Bertz CT molecular complexity index is 50.0. The molecule has 1 atom stereocenters. The Morgan fingerprint density at radius 1 is 1.43 bits per heavy atom. The van der Waals surface area contributed by atoms with Crippen molar-refractivity contribution < 1.29 is 0 Å². The van der Waals surface area contributed by atoms with Crippen LogP contribution in [0.3, 0.4) is 0 Å². The summed E-state index contributed by atoms with van der Waals surface area (Å²) >= 11 is 4.25. The van der Waals surface area contributed by atoms with E-state index in [-0.39, 0.29) is 0 Å². The quantitative estimate of drug-likeness (QED) is 0.451. The van der Waals surface area contributed by atoms with Gasteiger partial charge in [-0.1, -0.05) is 0 Å². The summed E-state index contributed by atoms with van der Waals surface area (Å²) < 4.78 is 0. The van der Waals surface area contributed by atoms with Crippen LogP contribution in [0.4, 0.5) is 0 Å². The summed E-state index contributed by atoms with van der Waals surface area (Å²) in [5.41, 5.74) is 0. The predicted octanol–water partition coefficient (Wildman–Crippen LogP) is 1.02. The highest BCUT2D eigenvalue weighted by Crippen LogP contribution is 2.08. The van der Waals surface area contributed by atoms with Gasteiger partial charge in [0.05, 0.1) is 5.37 Å². The minimum absolute atomic E-state index is 0.480. The molecule has 0 amide bonds. The van der Waals surface area contributed by atoms with Gasteiger partial charge >= 0.3 is 0 Å². The summed E-state index contributed by atoms with van der Waals surface area (Å²) in [6.45, 7) is 1.16. The zero-order valence-corrected chi connectivity index (χ0v) is 5.25. The van der Waals surface area contributed by atoms with E-state index in [1.165, 1.54) is 19.3 Å². The van der Waals surface area contributed by atoms with Gasteiger partial charge < -0.3 is 5.32 Å². The SMILES string of the molecule is S[C@@H]1CCCCN1. The van der Waals surface area contributed by atoms with Crippen LogP contribution in [-0.4, -0.2) is 11.9 Å². The van der Waals surface area contributed by atoms with Crippen LogP contribution in [0.1, 0.15) is 19.3 Å². The van der Waals surface area contributed by atoms with Crippen LogP contribution < -0.4 is 5.32 Å². The maximum absolute atomic E-state index is 4.25. The molecule has 0 bridgehead atoms. The second kappa shape index (κ2) is 2.58. The Hall–Kier alpha value is 0.310. The molecule has 0 spiro atoms. The number of thiol groups is 1. The largest absolute Gasteiger partial charge is 0.306 e. The summed E-state index contributed by atoms with van der Waals surface area (Å²) in [5, 5.41) is 3.73. The molecular weight excluding hydrogens is 106 g/mol. The Kier molecular flexibility index (Phi) is 2.00. The third-order valence-corrected chi connectivity index (χ3v) is 1.73. The van der Waals surface area contributed by atoms with E-state index in [0.717, 1.165) is 6.54 Å². The Morgan fingerprint density at radius 3 is 2.57 bits per heavy atom. The van der Waals surface area contributed by atoms with Gasteiger partial charge in [-0.25, -0.2) is 0 Å². The second-order valence-electron chi connectivity index (χ2n) is 1.97. The predicted molar refractivity (Wildman–Crippen MR) is 34.6 cm³/mol. The molecule has 1 fully saturated rings. The zero-order valence-electron chi connectivity index (χ0n) is 4.35. The zero-order chi connectivity index (χ0) is 5.11. The van der Waals surface area contributed by atoms with Crippen LogP contribution in [0.2, 0.25) is 0 Å². The van der Waals surface area contributed by atoms with Gasteiger partial charge in [0.2, 0.25) is 0 Å². The average molecular weight is 117 g/mol. The molecule has 0 aromatic heterocycles. The van der Waals surface area contributed by atoms with Gasteiger partial charge in [0.1, 0.15) is 0 Å². The number of piperidine rings is 1. The van der Waals surface area contributed by atoms with Gasteiger partial charge in [0.15, 0.2) is 0 Å². The molecule has 0 aromatic rings. The lowest BCUT2D eigenvalue weighted by Crippen LogP contribution is -2.28. The Morgan fingerprint density at radius 2 is 2.29 bits per heavy atom. The maximum Gasteiger partial charge on any atom is 0.0502 e. The van der Waals surface area contributed by atoms with E-state index in [1.54, 1.807) is 0 Å². The average Bonchev–Trinajstić information content (AvgIpc) is 1.69. The standard InChI is InChI=1S/C5H11NS/c7-5-3-1-2-4-6-5/h5-7H,1-4H2/t5-/m1/s1. The molecule has 0 unspecified atom stereocenters. The van der Waals surface area contributed by atoms with Crippen LogP contribution in [0.15, 0.2) is 0 Å². The van der Waals surface area contributed by atoms with Gasteiger partial charge in [-0.15, -0.1) is 0 Å². The molecule has 0 radical (unpaired) electrons. The Balaban J connectivity index is 2.12. The highest BCUT2D eigenvalue weighted by molar-refractivity contribution is 7.80. The highest BCUT2D eigenvalue weighted by Gasteiger charge is 2.05. The summed E-state index contributed by atoms with van der Waals surface area (Å²) in [4.78, 5) is 0. The lowest BCUT2D eigenvalue weighted by molar-refractivity contribution is 0.494. The van der Waals surface area contributed by atoms with E-state index in [4.69, 9.17) is 0 Å². The smallest absolute Gasteiger partial charge is 0.0502 e. The van der Waals surface area contributed by atoms with E-state index in [9.17, 15) is 0 Å². The molecule has 1 N–H and O–H groups in total. The van der Waals surface area contributed by atoms with Crippen molar-refractivity contribution in [2.45, 2.75) is 24.6 Å². The van der Waals surface area contributed by atoms with Crippen LogP contribution >= 0.6 is 12.6 Å². The topological polar surface area (TPSA) is 12.0 Å². The van der Waals surface area contributed by atoms with Crippen LogP contribution in [0.25, 0.3) is 0 Å². The summed E-state index contributed by atoms with van der Waals surface area (Å²) in [6, 6.07) is 0. The molecule has 1 rings (SSSR count). The fraction of sp³-hybridized carbons (Fsp3) is 1.00. The van der Waals surface area contributed by atoms with Crippen molar-refractivity contribution in [1.82, 2.24) is 5.32 Å². The van der Waals surface area contributed by atoms with Crippen molar-refractivity contribution in [2.75, 3.05) is 6.54 Å². The van der Waals surface area contributed by atoms with E-state index in [1.807, 2.05) is 0 Å². The first-order valence-corrected chi connectivity index (χ1v) is 3.33. The van der Waals surface area contributed by atoms with E-state index in [2.05, 4.69) is 17.9 Å². The van der Waals surface area contributed by atoms with Gasteiger partial charge in [-0.3, -0.25) is 0 Å². The summed E-state index contributed by atoms with van der Waals surface area (Å²) in [7, 11) is 0. The lowest BCUT2D eigenvalue weighted by atomic mass is 10.2. The first kappa shape index (κ1) is 5.45. The first-order valence-electron chi connectivity index (χ1n) is 2.81. The molecule has 1 nitrogen and oxygen atoms in total. The molecule has 7 heavy (non-hydrogen) atoms. The van der Waals surface area contributed by atoms with Crippen molar-refractivity contribution in [3.63, 3.8) is 0 Å². The van der Waals surface area contributed by atoms with Crippen molar-refractivity contribution in [3.05, 3.63) is 0 Å².